The van der Waals surface area contributed by atoms with Crippen LogP contribution >= 0.6 is 11.3 Å². The zero-order chi connectivity index (χ0) is 12.4. The van der Waals surface area contributed by atoms with Crippen LogP contribution in [0.25, 0.3) is 0 Å². The van der Waals surface area contributed by atoms with E-state index < -0.39 is 0 Å². The van der Waals surface area contributed by atoms with Gasteiger partial charge in [0.15, 0.2) is 0 Å². The Balaban J connectivity index is 2.27. The number of nitrogens with two attached hydrogens (primary N) is 1. The molecular weight excluding hydrogens is 232 g/mol. The summed E-state index contributed by atoms with van der Waals surface area (Å²) < 4.78 is 0. The molecule has 0 amide bonds. The van der Waals surface area contributed by atoms with Crippen molar-refractivity contribution in [2.75, 3.05) is 0 Å². The molecule has 88 valence electrons. The molecule has 0 spiro atoms. The van der Waals surface area contributed by atoms with Crippen molar-refractivity contribution in [2.45, 2.75) is 19.9 Å². The van der Waals surface area contributed by atoms with Crippen molar-refractivity contribution in [3.05, 3.63) is 51.5 Å². The molecule has 1 aromatic carbocycles. The van der Waals surface area contributed by atoms with Gasteiger partial charge < -0.3 is 5.73 Å². The minimum absolute atomic E-state index is 0.0480. The minimum Gasteiger partial charge on any atom is -0.322 e. The van der Waals surface area contributed by atoms with Gasteiger partial charge >= 0.3 is 0 Å². The Morgan fingerprint density at radius 2 is 2.00 bits per heavy atom. The second-order valence-corrected chi connectivity index (χ2v) is 4.94. The maximum atomic E-state index is 12.1. The molecule has 17 heavy (non-hydrogen) atoms. The molecule has 1 heterocycles. The van der Waals surface area contributed by atoms with Gasteiger partial charge in [-0.3, -0.25) is 4.79 Å². The first-order chi connectivity index (χ1) is 8.08. The van der Waals surface area contributed by atoms with Crippen molar-refractivity contribution in [3.63, 3.8) is 0 Å². The van der Waals surface area contributed by atoms with Crippen molar-refractivity contribution in [3.8, 4) is 0 Å². The van der Waals surface area contributed by atoms with Crippen LogP contribution in [0.3, 0.4) is 0 Å². The Labute approximate surface area is 104 Å². The van der Waals surface area contributed by atoms with Gasteiger partial charge in [0.25, 0.3) is 0 Å². The van der Waals surface area contributed by atoms with Gasteiger partial charge in [0, 0.05) is 10.9 Å². The molecule has 1 atom stereocenters. The Bertz CT molecular complexity index is 529. The summed E-state index contributed by atoms with van der Waals surface area (Å²) in [6.45, 7) is 3.85. The van der Waals surface area contributed by atoms with Crippen molar-refractivity contribution in [1.29, 1.82) is 0 Å². The van der Waals surface area contributed by atoms with Crippen LogP contribution in [0.15, 0.2) is 29.6 Å². The fraction of sp³-hybridized carbons (Fsp3) is 0.231. The third-order valence-corrected chi connectivity index (χ3v) is 3.50. The van der Waals surface area contributed by atoms with Gasteiger partial charge in [-0.1, -0.05) is 29.8 Å². The normalized spacial score (nSPS) is 12.4. The van der Waals surface area contributed by atoms with Crippen LogP contribution in [0, 0.1) is 6.92 Å². The van der Waals surface area contributed by atoms with Gasteiger partial charge in [-0.25, -0.2) is 4.98 Å². The number of rotatable bonds is 3. The summed E-state index contributed by atoms with van der Waals surface area (Å²) in [6.07, 6.45) is 0. The van der Waals surface area contributed by atoms with Gasteiger partial charge in [-0.15, -0.1) is 11.3 Å². The highest BCUT2D eigenvalue weighted by Crippen LogP contribution is 2.18. The summed E-state index contributed by atoms with van der Waals surface area (Å²) in [5.41, 5.74) is 8.00. The van der Waals surface area contributed by atoms with E-state index >= 15 is 0 Å². The third-order valence-electron chi connectivity index (χ3n) is 2.46. The van der Waals surface area contributed by atoms with E-state index in [0.29, 0.717) is 11.3 Å². The molecule has 4 heteroatoms. The maximum absolute atomic E-state index is 12.1. The third kappa shape index (κ3) is 2.60. The molecule has 0 radical (unpaired) electrons. The van der Waals surface area contributed by atoms with Crippen molar-refractivity contribution in [2.24, 2.45) is 5.73 Å². The lowest BCUT2D eigenvalue weighted by Crippen LogP contribution is -2.06. The summed E-state index contributed by atoms with van der Waals surface area (Å²) in [6, 6.07) is 7.36. The predicted octanol–water partition coefficient (Wildman–Crippen LogP) is 2.70. The quantitative estimate of drug-likeness (QED) is 0.847. The van der Waals surface area contributed by atoms with E-state index in [9.17, 15) is 4.79 Å². The van der Waals surface area contributed by atoms with Gasteiger partial charge in [-0.2, -0.15) is 0 Å². The van der Waals surface area contributed by atoms with Crippen LogP contribution in [-0.2, 0) is 0 Å². The zero-order valence-electron chi connectivity index (χ0n) is 9.81. The molecule has 0 aliphatic heterocycles. The number of nitrogens with zero attached hydrogens (tertiary/aromatic N) is 1. The molecule has 1 aromatic heterocycles. The van der Waals surface area contributed by atoms with E-state index in [2.05, 4.69) is 4.98 Å². The molecule has 0 saturated carbocycles. The molecule has 2 N–H and O–H groups in total. The summed E-state index contributed by atoms with van der Waals surface area (Å²) >= 11 is 1.43. The van der Waals surface area contributed by atoms with Crippen molar-refractivity contribution >= 4 is 17.1 Å². The number of aryl methyl sites for hydroxylation is 1. The Morgan fingerprint density at radius 3 is 2.53 bits per heavy atom. The molecule has 2 rings (SSSR count). The van der Waals surface area contributed by atoms with Crippen LogP contribution in [0.2, 0.25) is 0 Å². The molecule has 0 aliphatic rings. The first-order valence-electron chi connectivity index (χ1n) is 5.40. The second-order valence-electron chi connectivity index (χ2n) is 4.05. The van der Waals surface area contributed by atoms with Crippen LogP contribution < -0.4 is 5.73 Å². The Kier molecular flexibility index (Phi) is 3.36. The summed E-state index contributed by atoms with van der Waals surface area (Å²) in [4.78, 5) is 16.3. The zero-order valence-corrected chi connectivity index (χ0v) is 10.6. The highest BCUT2D eigenvalue weighted by molar-refractivity contribution is 7.09. The van der Waals surface area contributed by atoms with E-state index in [4.69, 9.17) is 5.73 Å². The fourth-order valence-electron chi connectivity index (χ4n) is 1.45. The number of benzene rings is 1. The standard InChI is InChI=1S/C13H14N2OS/c1-8-3-5-10(6-4-8)12(16)11-7-17-13(15-11)9(2)14/h3-7,9H,14H2,1-2H3. The average Bonchev–Trinajstić information content (AvgIpc) is 2.78. The lowest BCUT2D eigenvalue weighted by Gasteiger charge is -1.99. The number of hydrogen-bond donors (Lipinski definition) is 1. The highest BCUT2D eigenvalue weighted by atomic mass is 32.1. The molecule has 2 aromatic rings. The molecule has 3 nitrogen and oxygen atoms in total. The monoisotopic (exact) mass is 246 g/mol. The summed E-state index contributed by atoms with van der Waals surface area (Å²) in [7, 11) is 0. The molecule has 0 aliphatic carbocycles. The van der Waals surface area contributed by atoms with E-state index in [1.54, 1.807) is 5.38 Å². The highest BCUT2D eigenvalue weighted by Gasteiger charge is 2.14. The smallest absolute Gasteiger partial charge is 0.212 e. The number of thiazole rings is 1. The lowest BCUT2D eigenvalue weighted by atomic mass is 10.1. The number of carbonyl (C=O) groups is 1. The molecule has 0 saturated heterocycles. The SMILES string of the molecule is Cc1ccc(C(=O)c2csc(C(C)N)n2)cc1. The topological polar surface area (TPSA) is 56.0 Å². The number of carbonyl (C=O) groups excluding carboxylic acids is 1. The van der Waals surface area contributed by atoms with E-state index in [1.807, 2.05) is 38.1 Å². The lowest BCUT2D eigenvalue weighted by molar-refractivity contribution is 0.103. The van der Waals surface area contributed by atoms with Crippen molar-refractivity contribution < 1.29 is 4.79 Å². The Morgan fingerprint density at radius 1 is 1.35 bits per heavy atom. The summed E-state index contributed by atoms with van der Waals surface area (Å²) in [5, 5.41) is 2.56. The molecule has 0 fully saturated rings. The predicted molar refractivity (Wildman–Crippen MR) is 69.3 cm³/mol. The van der Waals surface area contributed by atoms with Crippen LogP contribution in [0.4, 0.5) is 0 Å². The first kappa shape index (κ1) is 12.0. The van der Waals surface area contributed by atoms with Crippen LogP contribution in [0.5, 0.6) is 0 Å². The van der Waals surface area contributed by atoms with Crippen LogP contribution in [-0.4, -0.2) is 10.8 Å². The molecule has 1 unspecified atom stereocenters. The van der Waals surface area contributed by atoms with E-state index in [0.717, 1.165) is 10.6 Å². The largest absolute Gasteiger partial charge is 0.322 e. The maximum Gasteiger partial charge on any atom is 0.212 e. The Hall–Kier alpha value is -1.52. The molecule has 0 bridgehead atoms. The van der Waals surface area contributed by atoms with Gasteiger partial charge in [0.1, 0.15) is 10.7 Å². The van der Waals surface area contributed by atoms with Crippen LogP contribution in [0.1, 0.15) is 39.6 Å². The van der Waals surface area contributed by atoms with E-state index in [1.165, 1.54) is 11.3 Å². The van der Waals surface area contributed by atoms with Gasteiger partial charge in [0.2, 0.25) is 5.78 Å². The van der Waals surface area contributed by atoms with Gasteiger partial charge in [-0.05, 0) is 13.8 Å². The number of aromatic nitrogens is 1. The second kappa shape index (κ2) is 4.77. The van der Waals surface area contributed by atoms with Gasteiger partial charge in [0.05, 0.1) is 6.04 Å². The average molecular weight is 246 g/mol. The minimum atomic E-state index is -0.125. The fourth-order valence-corrected chi connectivity index (χ4v) is 2.21. The summed E-state index contributed by atoms with van der Waals surface area (Å²) in [5.74, 6) is -0.0480. The number of hydrogen-bond acceptors (Lipinski definition) is 4. The van der Waals surface area contributed by atoms with Crippen molar-refractivity contribution in [1.82, 2.24) is 4.98 Å². The van der Waals surface area contributed by atoms with E-state index in [-0.39, 0.29) is 11.8 Å². The first-order valence-corrected chi connectivity index (χ1v) is 6.28. The molecular formula is C13H14N2OS. The number of ketones is 1.